The van der Waals surface area contributed by atoms with Gasteiger partial charge in [-0.1, -0.05) is 6.58 Å². The van der Waals surface area contributed by atoms with Gasteiger partial charge < -0.3 is 4.43 Å². The average Bonchev–Trinajstić information content (AvgIpc) is 2.02. The van der Waals surface area contributed by atoms with E-state index in [0.29, 0.717) is 5.76 Å². The molecule has 14 heavy (non-hydrogen) atoms. The molecule has 0 unspecified atom stereocenters. The zero-order chi connectivity index (χ0) is 10.8. The largest absolute Gasteiger partial charge is 0.543 e. The monoisotopic (exact) mass is 271 g/mol. The molecule has 0 atom stereocenters. The molecule has 0 bridgehead atoms. The third kappa shape index (κ3) is 3.63. The van der Waals surface area contributed by atoms with E-state index in [4.69, 9.17) is 4.43 Å². The van der Waals surface area contributed by atoms with Gasteiger partial charge in [0.05, 0.1) is 0 Å². The molecule has 1 rings (SSSR count). The average molecular weight is 272 g/mol. The minimum absolute atomic E-state index is 0.664. The molecule has 76 valence electrons. The molecule has 0 aliphatic carbocycles. The van der Waals surface area contributed by atoms with Crippen LogP contribution in [0.1, 0.15) is 5.69 Å². The molecule has 0 amide bonds. The molecule has 4 heteroatoms. The van der Waals surface area contributed by atoms with Crippen LogP contribution in [0.5, 0.6) is 0 Å². The fraction of sp³-hybridized carbons (Fsp3) is 0.300. The quantitative estimate of drug-likeness (QED) is 0.618. The molecule has 1 heterocycles. The van der Waals surface area contributed by atoms with Crippen molar-refractivity contribution in [3.8, 4) is 0 Å². The fourth-order valence-electron chi connectivity index (χ4n) is 0.963. The lowest BCUT2D eigenvalue weighted by atomic mass is 10.3. The van der Waals surface area contributed by atoms with Crippen LogP contribution in [0.2, 0.25) is 19.6 Å². The van der Waals surface area contributed by atoms with Crippen molar-refractivity contribution in [3.05, 3.63) is 35.1 Å². The molecule has 0 saturated carbocycles. The summed E-state index contributed by atoms with van der Waals surface area (Å²) < 4.78 is 6.69. The number of rotatable bonds is 3. The molecule has 0 fully saturated rings. The predicted octanol–water partition coefficient (Wildman–Crippen LogP) is 3.67. The standard InChI is InChI=1S/C10H14BrNOSi/c1-8(13-14(2,3)4)10-6-5-9(11)7-12-10/h5-7H,1H2,2-4H3. The summed E-state index contributed by atoms with van der Waals surface area (Å²) in [5, 5.41) is 0. The highest BCUT2D eigenvalue weighted by Gasteiger charge is 2.17. The number of nitrogens with zero attached hydrogens (tertiary/aromatic N) is 1. The summed E-state index contributed by atoms with van der Waals surface area (Å²) in [6.45, 7) is 10.2. The number of pyridine rings is 1. The van der Waals surface area contributed by atoms with Gasteiger partial charge in [-0.3, -0.25) is 4.98 Å². The van der Waals surface area contributed by atoms with Crippen LogP contribution in [-0.2, 0) is 4.43 Å². The Morgan fingerprint density at radius 2 is 2.07 bits per heavy atom. The van der Waals surface area contributed by atoms with E-state index >= 15 is 0 Å². The first-order valence-corrected chi connectivity index (χ1v) is 8.58. The van der Waals surface area contributed by atoms with Crippen LogP contribution in [-0.4, -0.2) is 13.3 Å². The number of aromatic nitrogens is 1. The highest BCUT2D eigenvalue weighted by atomic mass is 79.9. The van der Waals surface area contributed by atoms with Crippen molar-refractivity contribution in [2.75, 3.05) is 0 Å². The highest BCUT2D eigenvalue weighted by molar-refractivity contribution is 9.10. The van der Waals surface area contributed by atoms with Gasteiger partial charge in [-0.25, -0.2) is 0 Å². The van der Waals surface area contributed by atoms with E-state index in [1.807, 2.05) is 12.1 Å². The molecule has 0 spiro atoms. The lowest BCUT2D eigenvalue weighted by molar-refractivity contribution is 0.513. The van der Waals surface area contributed by atoms with Gasteiger partial charge in [-0.15, -0.1) is 0 Å². The summed E-state index contributed by atoms with van der Waals surface area (Å²) in [7, 11) is -1.57. The van der Waals surface area contributed by atoms with Crippen LogP contribution in [0.3, 0.4) is 0 Å². The van der Waals surface area contributed by atoms with Gasteiger partial charge in [-0.2, -0.15) is 0 Å². The summed E-state index contributed by atoms with van der Waals surface area (Å²) in [4.78, 5) is 4.21. The maximum atomic E-state index is 5.73. The Kier molecular flexibility index (Phi) is 3.50. The molecular weight excluding hydrogens is 258 g/mol. The second-order valence-corrected chi connectivity index (χ2v) is 9.34. The van der Waals surface area contributed by atoms with Crippen LogP contribution in [0.15, 0.2) is 29.4 Å². The van der Waals surface area contributed by atoms with Crippen molar-refractivity contribution in [1.82, 2.24) is 4.98 Å². The van der Waals surface area contributed by atoms with Crippen molar-refractivity contribution < 1.29 is 4.43 Å². The molecule has 1 aromatic rings. The van der Waals surface area contributed by atoms with Crippen molar-refractivity contribution in [2.45, 2.75) is 19.6 Å². The van der Waals surface area contributed by atoms with E-state index in [-0.39, 0.29) is 0 Å². The lowest BCUT2D eigenvalue weighted by Crippen LogP contribution is -2.24. The van der Waals surface area contributed by atoms with E-state index < -0.39 is 8.32 Å². The van der Waals surface area contributed by atoms with E-state index in [1.165, 1.54) is 0 Å². The Labute approximate surface area is 94.3 Å². The van der Waals surface area contributed by atoms with Gasteiger partial charge in [0.15, 0.2) is 0 Å². The number of halogens is 1. The normalized spacial score (nSPS) is 11.1. The second-order valence-electron chi connectivity index (χ2n) is 4.00. The molecule has 0 N–H and O–H groups in total. The van der Waals surface area contributed by atoms with Crippen molar-refractivity contribution in [3.63, 3.8) is 0 Å². The number of hydrogen-bond acceptors (Lipinski definition) is 2. The first kappa shape index (κ1) is 11.5. The molecule has 0 aliphatic rings. The number of hydrogen-bond donors (Lipinski definition) is 0. The van der Waals surface area contributed by atoms with E-state index in [9.17, 15) is 0 Å². The van der Waals surface area contributed by atoms with E-state index in [2.05, 4.69) is 47.1 Å². The zero-order valence-electron chi connectivity index (χ0n) is 8.67. The highest BCUT2D eigenvalue weighted by Crippen LogP contribution is 2.18. The Morgan fingerprint density at radius 1 is 1.43 bits per heavy atom. The first-order valence-electron chi connectivity index (χ1n) is 4.38. The molecular formula is C10H14BrNOSi. The summed E-state index contributed by atoms with van der Waals surface area (Å²) in [6, 6.07) is 3.83. The summed E-state index contributed by atoms with van der Waals surface area (Å²) in [5.74, 6) is 0.664. The van der Waals surface area contributed by atoms with Gasteiger partial charge >= 0.3 is 0 Å². The summed E-state index contributed by atoms with van der Waals surface area (Å²) in [5.41, 5.74) is 0.802. The fourth-order valence-corrected chi connectivity index (χ4v) is 2.04. The molecule has 0 aliphatic heterocycles. The second kappa shape index (κ2) is 4.27. The minimum atomic E-state index is -1.57. The van der Waals surface area contributed by atoms with E-state index in [1.54, 1.807) is 6.20 Å². The van der Waals surface area contributed by atoms with E-state index in [0.717, 1.165) is 10.2 Å². The predicted molar refractivity (Wildman–Crippen MR) is 65.4 cm³/mol. The Morgan fingerprint density at radius 3 is 2.50 bits per heavy atom. The third-order valence-corrected chi connectivity index (χ3v) is 2.77. The third-order valence-electron chi connectivity index (χ3n) is 1.44. The molecule has 0 saturated heterocycles. The molecule has 0 aromatic carbocycles. The lowest BCUT2D eigenvalue weighted by Gasteiger charge is -2.20. The van der Waals surface area contributed by atoms with Crippen LogP contribution < -0.4 is 0 Å². The van der Waals surface area contributed by atoms with Gasteiger partial charge in [0.2, 0.25) is 8.32 Å². The van der Waals surface area contributed by atoms with Gasteiger partial charge in [-0.05, 0) is 47.7 Å². The zero-order valence-corrected chi connectivity index (χ0v) is 11.3. The van der Waals surface area contributed by atoms with Crippen molar-refractivity contribution >= 4 is 30.0 Å². The van der Waals surface area contributed by atoms with Crippen molar-refractivity contribution in [2.24, 2.45) is 0 Å². The Balaban J connectivity index is 2.76. The minimum Gasteiger partial charge on any atom is -0.543 e. The topological polar surface area (TPSA) is 22.1 Å². The van der Waals surface area contributed by atoms with Crippen LogP contribution >= 0.6 is 15.9 Å². The maximum absolute atomic E-state index is 5.73. The molecule has 2 nitrogen and oxygen atoms in total. The smallest absolute Gasteiger partial charge is 0.242 e. The molecule has 1 aromatic heterocycles. The van der Waals surface area contributed by atoms with Crippen LogP contribution in [0, 0.1) is 0 Å². The van der Waals surface area contributed by atoms with Crippen molar-refractivity contribution in [1.29, 1.82) is 0 Å². The van der Waals surface area contributed by atoms with Gasteiger partial charge in [0.1, 0.15) is 11.5 Å². The maximum Gasteiger partial charge on any atom is 0.242 e. The Hall–Kier alpha value is -0.613. The van der Waals surface area contributed by atoms with Gasteiger partial charge in [0, 0.05) is 10.7 Å². The summed E-state index contributed by atoms with van der Waals surface area (Å²) in [6.07, 6.45) is 1.74. The molecule has 0 radical (unpaired) electrons. The van der Waals surface area contributed by atoms with Gasteiger partial charge in [0.25, 0.3) is 0 Å². The Bertz CT molecular complexity index is 329. The van der Waals surface area contributed by atoms with Crippen LogP contribution in [0.4, 0.5) is 0 Å². The SMILES string of the molecule is C=C(O[Si](C)(C)C)c1ccc(Br)cn1. The first-order chi connectivity index (χ1) is 6.38. The van der Waals surface area contributed by atoms with Crippen LogP contribution in [0.25, 0.3) is 5.76 Å². The summed E-state index contributed by atoms with van der Waals surface area (Å²) >= 11 is 3.33.